The van der Waals surface area contributed by atoms with Crippen molar-refractivity contribution in [2.45, 2.75) is 13.8 Å². The average molecular weight is 279 g/mol. The first kappa shape index (κ1) is 15.8. The number of hydrogen-bond acceptors (Lipinski definition) is 4. The number of nitrogens with two attached hydrogens (primary N) is 1. The second-order valence-electron chi connectivity index (χ2n) is 5.10. The minimum Gasteiger partial charge on any atom is -0.484 e. The van der Waals surface area contributed by atoms with Crippen LogP contribution in [-0.2, 0) is 9.59 Å². The molecule has 0 spiro atoms. The third-order valence-electron chi connectivity index (χ3n) is 2.80. The molecule has 0 aliphatic heterocycles. The Balaban J connectivity index is 2.39. The Bertz CT molecular complexity index is 486. The first-order chi connectivity index (χ1) is 9.35. The number of nitrogen functional groups attached to an aromatic ring is 1. The van der Waals surface area contributed by atoms with E-state index in [4.69, 9.17) is 10.5 Å². The van der Waals surface area contributed by atoms with E-state index in [1.165, 1.54) is 0 Å². The summed E-state index contributed by atoms with van der Waals surface area (Å²) in [4.78, 5) is 23.2. The van der Waals surface area contributed by atoms with Crippen LogP contribution in [0.25, 0.3) is 0 Å². The zero-order chi connectivity index (χ0) is 15.2. The van der Waals surface area contributed by atoms with Crippen molar-refractivity contribution in [1.82, 2.24) is 10.6 Å². The predicted molar refractivity (Wildman–Crippen MR) is 77.2 cm³/mol. The van der Waals surface area contributed by atoms with Crippen LogP contribution in [0, 0.1) is 5.41 Å². The second-order valence-corrected chi connectivity index (χ2v) is 5.10. The molecule has 0 aliphatic rings. The summed E-state index contributed by atoms with van der Waals surface area (Å²) in [7, 11) is 1.56. The van der Waals surface area contributed by atoms with Gasteiger partial charge in [-0.25, -0.2) is 0 Å². The fraction of sp³-hybridized carbons (Fsp3) is 0.429. The van der Waals surface area contributed by atoms with E-state index in [1.54, 1.807) is 45.2 Å². The van der Waals surface area contributed by atoms with Crippen molar-refractivity contribution in [3.05, 3.63) is 24.3 Å². The van der Waals surface area contributed by atoms with Crippen LogP contribution in [0.5, 0.6) is 5.75 Å². The lowest BCUT2D eigenvalue weighted by atomic mass is 9.92. The molecule has 0 aliphatic carbocycles. The Morgan fingerprint density at radius 3 is 2.65 bits per heavy atom. The molecular weight excluding hydrogens is 258 g/mol. The molecule has 1 rings (SSSR count). The summed E-state index contributed by atoms with van der Waals surface area (Å²) in [5.41, 5.74) is 5.51. The molecule has 0 fully saturated rings. The van der Waals surface area contributed by atoms with Crippen molar-refractivity contribution < 1.29 is 14.3 Å². The standard InChI is InChI=1S/C14H21N3O3/c1-14(2,13(19)16-3)9-17-12(18)8-20-11-6-4-5-10(15)7-11/h4-7H,8-9,15H2,1-3H3,(H,16,19)(H,17,18). The number of hydrogen-bond donors (Lipinski definition) is 3. The molecule has 0 atom stereocenters. The van der Waals surface area contributed by atoms with Crippen molar-refractivity contribution in [2.24, 2.45) is 5.41 Å². The van der Waals surface area contributed by atoms with E-state index in [9.17, 15) is 9.59 Å². The first-order valence-electron chi connectivity index (χ1n) is 6.32. The lowest BCUT2D eigenvalue weighted by Crippen LogP contribution is -2.44. The van der Waals surface area contributed by atoms with Gasteiger partial charge in [-0.2, -0.15) is 0 Å². The van der Waals surface area contributed by atoms with E-state index >= 15 is 0 Å². The number of amides is 2. The van der Waals surface area contributed by atoms with Gasteiger partial charge in [-0.05, 0) is 26.0 Å². The Labute approximate surface area is 118 Å². The summed E-state index contributed by atoms with van der Waals surface area (Å²) >= 11 is 0. The molecule has 0 heterocycles. The van der Waals surface area contributed by atoms with E-state index < -0.39 is 5.41 Å². The number of carbonyl (C=O) groups is 2. The van der Waals surface area contributed by atoms with E-state index in [-0.39, 0.29) is 25.0 Å². The molecule has 2 amide bonds. The first-order valence-corrected chi connectivity index (χ1v) is 6.32. The summed E-state index contributed by atoms with van der Waals surface area (Å²) in [6.45, 7) is 3.63. The number of benzene rings is 1. The van der Waals surface area contributed by atoms with Crippen LogP contribution in [0.15, 0.2) is 24.3 Å². The normalized spacial score (nSPS) is 10.8. The van der Waals surface area contributed by atoms with Crippen LogP contribution in [0.4, 0.5) is 5.69 Å². The maximum absolute atomic E-state index is 11.7. The van der Waals surface area contributed by atoms with Gasteiger partial charge < -0.3 is 21.1 Å². The summed E-state index contributed by atoms with van der Waals surface area (Å²) < 4.78 is 5.31. The van der Waals surface area contributed by atoms with Gasteiger partial charge in [0.15, 0.2) is 6.61 Å². The van der Waals surface area contributed by atoms with Gasteiger partial charge in [0.25, 0.3) is 5.91 Å². The smallest absolute Gasteiger partial charge is 0.257 e. The van der Waals surface area contributed by atoms with Crippen molar-refractivity contribution >= 4 is 17.5 Å². The van der Waals surface area contributed by atoms with Gasteiger partial charge in [0.05, 0.1) is 5.41 Å². The van der Waals surface area contributed by atoms with Crippen molar-refractivity contribution in [2.75, 3.05) is 25.9 Å². The van der Waals surface area contributed by atoms with Crippen LogP contribution in [0.2, 0.25) is 0 Å². The molecule has 0 aromatic heterocycles. The summed E-state index contributed by atoms with van der Waals surface area (Å²) in [5.74, 6) is 0.115. The van der Waals surface area contributed by atoms with Crippen LogP contribution < -0.4 is 21.1 Å². The molecule has 4 N–H and O–H groups in total. The lowest BCUT2D eigenvalue weighted by molar-refractivity contribution is -0.129. The summed E-state index contributed by atoms with van der Waals surface area (Å²) in [5, 5.41) is 5.22. The Kier molecular flexibility index (Phi) is 5.37. The SMILES string of the molecule is CNC(=O)C(C)(C)CNC(=O)COc1cccc(N)c1. The van der Waals surface area contributed by atoms with Crippen LogP contribution >= 0.6 is 0 Å². The zero-order valence-electron chi connectivity index (χ0n) is 12.0. The molecule has 110 valence electrons. The third-order valence-corrected chi connectivity index (χ3v) is 2.80. The van der Waals surface area contributed by atoms with E-state index in [2.05, 4.69) is 10.6 Å². The number of carbonyl (C=O) groups excluding carboxylic acids is 2. The largest absolute Gasteiger partial charge is 0.484 e. The highest BCUT2D eigenvalue weighted by molar-refractivity contribution is 5.83. The average Bonchev–Trinajstić information content (AvgIpc) is 2.42. The minimum atomic E-state index is -0.665. The Morgan fingerprint density at radius 2 is 2.05 bits per heavy atom. The maximum atomic E-state index is 11.7. The number of rotatable bonds is 6. The van der Waals surface area contributed by atoms with Gasteiger partial charge in [-0.1, -0.05) is 6.07 Å². The zero-order valence-corrected chi connectivity index (χ0v) is 12.0. The van der Waals surface area contributed by atoms with E-state index in [0.717, 1.165) is 0 Å². The van der Waals surface area contributed by atoms with Gasteiger partial charge in [0.1, 0.15) is 5.75 Å². The molecule has 0 unspecified atom stereocenters. The molecule has 0 saturated carbocycles. The molecule has 6 heteroatoms. The number of ether oxygens (including phenoxy) is 1. The van der Waals surface area contributed by atoms with Crippen molar-refractivity contribution in [3.63, 3.8) is 0 Å². The summed E-state index contributed by atoms with van der Waals surface area (Å²) in [6.07, 6.45) is 0. The van der Waals surface area contributed by atoms with Gasteiger partial charge in [-0.3, -0.25) is 9.59 Å². The van der Waals surface area contributed by atoms with E-state index in [0.29, 0.717) is 11.4 Å². The molecule has 1 aromatic rings. The Morgan fingerprint density at radius 1 is 1.35 bits per heavy atom. The van der Waals surface area contributed by atoms with Crippen molar-refractivity contribution in [3.8, 4) is 5.75 Å². The lowest BCUT2D eigenvalue weighted by Gasteiger charge is -2.22. The number of nitrogens with one attached hydrogen (secondary N) is 2. The van der Waals surface area contributed by atoms with Gasteiger partial charge in [-0.15, -0.1) is 0 Å². The van der Waals surface area contributed by atoms with Crippen LogP contribution in [-0.4, -0.2) is 32.0 Å². The molecule has 0 saturated heterocycles. The third kappa shape index (κ3) is 4.79. The summed E-state index contributed by atoms with van der Waals surface area (Å²) in [6, 6.07) is 6.84. The quantitative estimate of drug-likeness (QED) is 0.662. The molecule has 0 bridgehead atoms. The van der Waals surface area contributed by atoms with E-state index in [1.807, 2.05) is 0 Å². The molecular formula is C14H21N3O3. The maximum Gasteiger partial charge on any atom is 0.257 e. The minimum absolute atomic E-state index is 0.118. The highest BCUT2D eigenvalue weighted by Gasteiger charge is 2.26. The fourth-order valence-electron chi connectivity index (χ4n) is 1.54. The molecule has 0 radical (unpaired) electrons. The van der Waals surface area contributed by atoms with Gasteiger partial charge in [0, 0.05) is 25.3 Å². The fourth-order valence-corrected chi connectivity index (χ4v) is 1.54. The molecule has 20 heavy (non-hydrogen) atoms. The monoisotopic (exact) mass is 279 g/mol. The highest BCUT2D eigenvalue weighted by atomic mass is 16.5. The Hall–Kier alpha value is -2.24. The van der Waals surface area contributed by atoms with Crippen LogP contribution in [0.3, 0.4) is 0 Å². The van der Waals surface area contributed by atoms with Gasteiger partial charge in [0.2, 0.25) is 5.91 Å². The highest BCUT2D eigenvalue weighted by Crippen LogP contribution is 2.15. The van der Waals surface area contributed by atoms with Gasteiger partial charge >= 0.3 is 0 Å². The molecule has 1 aromatic carbocycles. The molecule has 6 nitrogen and oxygen atoms in total. The predicted octanol–water partition coefficient (Wildman–Crippen LogP) is 0.536. The van der Waals surface area contributed by atoms with Crippen molar-refractivity contribution in [1.29, 1.82) is 0 Å². The van der Waals surface area contributed by atoms with Crippen LogP contribution in [0.1, 0.15) is 13.8 Å². The number of anilines is 1. The topological polar surface area (TPSA) is 93.5 Å². The second kappa shape index (κ2) is 6.79.